The van der Waals surface area contributed by atoms with Crippen LogP contribution in [0.1, 0.15) is 67.9 Å². The van der Waals surface area contributed by atoms with Gasteiger partial charge in [0.2, 0.25) is 0 Å². The molecule has 1 N–H and O–H groups in total. The van der Waals surface area contributed by atoms with Crippen molar-refractivity contribution in [2.24, 2.45) is 0 Å². The van der Waals surface area contributed by atoms with Gasteiger partial charge in [0.1, 0.15) is 11.3 Å². The van der Waals surface area contributed by atoms with Crippen LogP contribution in [0.4, 0.5) is 0 Å². The van der Waals surface area contributed by atoms with E-state index >= 15 is 0 Å². The average molecular weight is 286 g/mol. The van der Waals surface area contributed by atoms with Gasteiger partial charge in [-0.1, -0.05) is 19.3 Å². The van der Waals surface area contributed by atoms with Gasteiger partial charge in [0.25, 0.3) is 0 Å². The number of hydrogen-bond acceptors (Lipinski definition) is 3. The monoisotopic (exact) mass is 286 g/mol. The maximum Gasteiger partial charge on any atom is 0.192 e. The Labute approximate surface area is 124 Å². The highest BCUT2D eigenvalue weighted by Gasteiger charge is 2.21. The van der Waals surface area contributed by atoms with Crippen LogP contribution in [0.3, 0.4) is 0 Å². The first-order valence-electron chi connectivity index (χ1n) is 7.82. The van der Waals surface area contributed by atoms with Crippen molar-refractivity contribution < 1.29 is 9.52 Å². The Morgan fingerprint density at radius 2 is 1.90 bits per heavy atom. The summed E-state index contributed by atoms with van der Waals surface area (Å²) in [5, 5.41) is 10.6. The van der Waals surface area contributed by atoms with Gasteiger partial charge < -0.3 is 9.52 Å². The lowest BCUT2D eigenvalue weighted by molar-refractivity contribution is 0.199. The van der Waals surface area contributed by atoms with Crippen molar-refractivity contribution in [3.05, 3.63) is 45.3 Å². The smallest absolute Gasteiger partial charge is 0.192 e. The molecule has 21 heavy (non-hydrogen) atoms. The normalized spacial score (nSPS) is 18.0. The van der Waals surface area contributed by atoms with E-state index in [1.54, 1.807) is 13.0 Å². The van der Waals surface area contributed by atoms with Gasteiger partial charge in [-0.2, -0.15) is 0 Å². The fourth-order valence-electron chi connectivity index (χ4n) is 3.35. The lowest BCUT2D eigenvalue weighted by atomic mass is 9.87. The van der Waals surface area contributed by atoms with Crippen molar-refractivity contribution in [1.29, 1.82) is 0 Å². The number of hydrogen-bond donors (Lipinski definition) is 1. The van der Waals surface area contributed by atoms with Crippen LogP contribution in [-0.4, -0.2) is 5.11 Å². The van der Waals surface area contributed by atoms with Gasteiger partial charge >= 0.3 is 0 Å². The largest absolute Gasteiger partial charge is 0.460 e. The van der Waals surface area contributed by atoms with Crippen LogP contribution < -0.4 is 5.43 Å². The van der Waals surface area contributed by atoms with Crippen LogP contribution in [0.15, 0.2) is 27.4 Å². The molecule has 1 aromatic carbocycles. The Balaban J connectivity index is 2.19. The third-order valence-electron chi connectivity index (χ3n) is 4.48. The first kappa shape index (κ1) is 14.3. The fraction of sp³-hybridized carbons (Fsp3) is 0.500. The van der Waals surface area contributed by atoms with Gasteiger partial charge in [0.05, 0.1) is 11.5 Å². The molecular formula is C18H22O3. The molecule has 1 saturated carbocycles. The van der Waals surface area contributed by atoms with Crippen LogP contribution in [0.25, 0.3) is 11.0 Å². The number of aliphatic hydroxyl groups excluding tert-OH is 1. The minimum atomic E-state index is -0.642. The maximum atomic E-state index is 12.4. The molecule has 1 unspecified atom stereocenters. The summed E-state index contributed by atoms with van der Waals surface area (Å²) in [7, 11) is 0. The number of benzene rings is 1. The standard InChI is InChI=1S/C18H22O3/c1-11-8-14(12(2)19)18-15(9-11)16(20)10-17(21-18)13-6-4-3-5-7-13/h8-10,12-13,19H,3-7H2,1-2H3. The van der Waals surface area contributed by atoms with E-state index in [1.165, 1.54) is 19.3 Å². The molecule has 1 heterocycles. The molecule has 0 amide bonds. The van der Waals surface area contributed by atoms with Crippen LogP contribution >= 0.6 is 0 Å². The van der Waals surface area contributed by atoms with E-state index in [9.17, 15) is 9.90 Å². The highest BCUT2D eigenvalue weighted by molar-refractivity contribution is 5.81. The van der Waals surface area contributed by atoms with E-state index in [0.29, 0.717) is 22.5 Å². The van der Waals surface area contributed by atoms with Crippen LogP contribution in [0.5, 0.6) is 0 Å². The van der Waals surface area contributed by atoms with Crippen LogP contribution in [0, 0.1) is 6.92 Å². The van der Waals surface area contributed by atoms with E-state index in [-0.39, 0.29) is 5.43 Å². The second-order valence-corrected chi connectivity index (χ2v) is 6.25. The van der Waals surface area contributed by atoms with E-state index < -0.39 is 6.10 Å². The second-order valence-electron chi connectivity index (χ2n) is 6.25. The summed E-state index contributed by atoms with van der Waals surface area (Å²) in [5.41, 5.74) is 2.24. The highest BCUT2D eigenvalue weighted by Crippen LogP contribution is 2.34. The summed E-state index contributed by atoms with van der Waals surface area (Å²) in [5.74, 6) is 1.14. The third kappa shape index (κ3) is 2.75. The minimum absolute atomic E-state index is 0.00224. The summed E-state index contributed by atoms with van der Waals surface area (Å²) in [6, 6.07) is 5.40. The van der Waals surface area contributed by atoms with Gasteiger partial charge in [-0.3, -0.25) is 4.79 Å². The lowest BCUT2D eigenvalue weighted by Crippen LogP contribution is -2.10. The van der Waals surface area contributed by atoms with E-state index in [2.05, 4.69) is 0 Å². The van der Waals surface area contributed by atoms with Crippen LogP contribution in [-0.2, 0) is 0 Å². The Morgan fingerprint density at radius 1 is 1.19 bits per heavy atom. The van der Waals surface area contributed by atoms with Gasteiger partial charge in [-0.15, -0.1) is 0 Å². The topological polar surface area (TPSA) is 50.4 Å². The van der Waals surface area contributed by atoms with E-state index in [4.69, 9.17) is 4.42 Å². The summed E-state index contributed by atoms with van der Waals surface area (Å²) in [6.45, 7) is 3.64. The molecule has 0 saturated heterocycles. The third-order valence-corrected chi connectivity index (χ3v) is 4.48. The van der Waals surface area contributed by atoms with Crippen molar-refractivity contribution in [2.45, 2.75) is 58.0 Å². The maximum absolute atomic E-state index is 12.4. The molecule has 2 aromatic rings. The minimum Gasteiger partial charge on any atom is -0.460 e. The molecule has 1 aromatic heterocycles. The molecule has 0 bridgehead atoms. The Kier molecular flexibility index (Phi) is 3.85. The fourth-order valence-corrected chi connectivity index (χ4v) is 3.35. The quantitative estimate of drug-likeness (QED) is 0.900. The van der Waals surface area contributed by atoms with Gasteiger partial charge in [-0.05, 0) is 44.4 Å². The first-order chi connectivity index (χ1) is 10.1. The SMILES string of the molecule is Cc1cc(C(C)O)c2oc(C3CCCCC3)cc(=O)c2c1. The zero-order valence-electron chi connectivity index (χ0n) is 12.7. The molecule has 0 spiro atoms. The molecule has 0 aliphatic heterocycles. The molecule has 3 rings (SSSR count). The molecule has 3 heteroatoms. The zero-order chi connectivity index (χ0) is 15.0. The van der Waals surface area contributed by atoms with Gasteiger partial charge in [0.15, 0.2) is 5.43 Å². The van der Waals surface area contributed by atoms with Crippen LogP contribution in [0.2, 0.25) is 0 Å². The van der Waals surface area contributed by atoms with Crippen molar-refractivity contribution in [3.63, 3.8) is 0 Å². The van der Waals surface area contributed by atoms with E-state index in [0.717, 1.165) is 24.2 Å². The molecule has 1 atom stereocenters. The van der Waals surface area contributed by atoms with Crippen molar-refractivity contribution in [3.8, 4) is 0 Å². The Hall–Kier alpha value is -1.61. The highest BCUT2D eigenvalue weighted by atomic mass is 16.3. The summed E-state index contributed by atoms with van der Waals surface area (Å²) in [4.78, 5) is 12.4. The number of aryl methyl sites for hydroxylation is 1. The predicted octanol–water partition coefficient (Wildman–Crippen LogP) is 4.20. The first-order valence-corrected chi connectivity index (χ1v) is 7.82. The average Bonchev–Trinajstić information content (AvgIpc) is 2.48. The molecular weight excluding hydrogens is 264 g/mol. The summed E-state index contributed by atoms with van der Waals surface area (Å²) in [6.07, 6.45) is 5.20. The van der Waals surface area contributed by atoms with Crippen molar-refractivity contribution in [2.75, 3.05) is 0 Å². The number of fused-ring (bicyclic) bond motifs is 1. The zero-order valence-corrected chi connectivity index (χ0v) is 12.7. The molecule has 1 aliphatic rings. The van der Waals surface area contributed by atoms with E-state index in [1.807, 2.05) is 19.1 Å². The van der Waals surface area contributed by atoms with Crippen molar-refractivity contribution >= 4 is 11.0 Å². The predicted molar refractivity (Wildman–Crippen MR) is 83.7 cm³/mol. The number of rotatable bonds is 2. The molecule has 1 fully saturated rings. The number of aliphatic hydroxyl groups is 1. The molecule has 1 aliphatic carbocycles. The van der Waals surface area contributed by atoms with Gasteiger partial charge in [-0.25, -0.2) is 0 Å². The lowest BCUT2D eigenvalue weighted by Gasteiger charge is -2.21. The molecule has 3 nitrogen and oxygen atoms in total. The Morgan fingerprint density at radius 3 is 2.57 bits per heavy atom. The van der Waals surface area contributed by atoms with Crippen molar-refractivity contribution in [1.82, 2.24) is 0 Å². The van der Waals surface area contributed by atoms with Gasteiger partial charge in [0, 0.05) is 17.5 Å². The second kappa shape index (κ2) is 5.64. The molecule has 0 radical (unpaired) electrons. The summed E-state index contributed by atoms with van der Waals surface area (Å²) >= 11 is 0. The summed E-state index contributed by atoms with van der Waals surface area (Å²) < 4.78 is 6.07. The molecule has 112 valence electrons. The Bertz CT molecular complexity index is 706.